The van der Waals surface area contributed by atoms with Crippen LogP contribution >= 0.6 is 11.3 Å². The first-order chi connectivity index (χ1) is 8.69. The number of aromatic nitrogens is 1. The number of hydrogen-bond donors (Lipinski definition) is 2. The fourth-order valence-corrected chi connectivity index (χ4v) is 1.99. The maximum atomic E-state index is 9.59. The number of rotatable bonds is 4. The number of phenolic OH excluding ortho intramolecular Hbond substituents is 1. The van der Waals surface area contributed by atoms with E-state index in [0.717, 1.165) is 16.4 Å². The van der Waals surface area contributed by atoms with Crippen LogP contribution < -0.4 is 10.2 Å². The summed E-state index contributed by atoms with van der Waals surface area (Å²) in [6.45, 7) is 1.92. The first kappa shape index (κ1) is 12.4. The second-order valence-electron chi connectivity index (χ2n) is 3.60. The Morgan fingerprint density at radius 1 is 1.50 bits per heavy atom. The number of nitrogens with zero attached hydrogens (tertiary/aromatic N) is 2. The fourth-order valence-electron chi connectivity index (χ4n) is 1.35. The third kappa shape index (κ3) is 2.98. The van der Waals surface area contributed by atoms with Crippen molar-refractivity contribution < 1.29 is 9.84 Å². The number of ether oxygens (including phenoxy) is 1. The Hall–Kier alpha value is -2.08. The number of benzene rings is 1. The van der Waals surface area contributed by atoms with E-state index in [-0.39, 0.29) is 5.75 Å². The van der Waals surface area contributed by atoms with E-state index in [1.54, 1.807) is 24.4 Å². The van der Waals surface area contributed by atoms with Gasteiger partial charge in [0.15, 0.2) is 11.5 Å². The van der Waals surface area contributed by atoms with Crippen LogP contribution in [-0.4, -0.2) is 23.4 Å². The molecule has 0 aliphatic carbocycles. The normalized spacial score (nSPS) is 10.8. The maximum absolute atomic E-state index is 9.59. The quantitative estimate of drug-likeness (QED) is 0.657. The molecule has 1 heterocycles. The predicted octanol–water partition coefficient (Wildman–Crippen LogP) is 2.61. The van der Waals surface area contributed by atoms with Crippen LogP contribution in [0.25, 0.3) is 0 Å². The Kier molecular flexibility index (Phi) is 3.78. The maximum Gasteiger partial charge on any atom is 0.203 e. The van der Waals surface area contributed by atoms with Gasteiger partial charge in [0.2, 0.25) is 5.13 Å². The van der Waals surface area contributed by atoms with Crippen LogP contribution in [0, 0.1) is 6.92 Å². The van der Waals surface area contributed by atoms with Gasteiger partial charge >= 0.3 is 0 Å². The molecule has 0 atom stereocenters. The number of nitrogens with one attached hydrogen (secondary N) is 1. The van der Waals surface area contributed by atoms with Crippen LogP contribution in [-0.2, 0) is 0 Å². The molecule has 0 unspecified atom stereocenters. The molecule has 2 rings (SSSR count). The van der Waals surface area contributed by atoms with Crippen molar-refractivity contribution in [1.29, 1.82) is 0 Å². The van der Waals surface area contributed by atoms with E-state index >= 15 is 0 Å². The van der Waals surface area contributed by atoms with Crippen LogP contribution in [0.2, 0.25) is 0 Å². The van der Waals surface area contributed by atoms with E-state index < -0.39 is 0 Å². The molecule has 0 saturated carbocycles. The van der Waals surface area contributed by atoms with Crippen molar-refractivity contribution in [1.82, 2.24) is 4.98 Å². The zero-order valence-corrected chi connectivity index (χ0v) is 10.9. The number of hydrazone groups is 1. The van der Waals surface area contributed by atoms with Crippen molar-refractivity contribution >= 4 is 22.7 Å². The average Bonchev–Trinajstić information content (AvgIpc) is 2.75. The zero-order chi connectivity index (χ0) is 13.0. The summed E-state index contributed by atoms with van der Waals surface area (Å²) in [5.41, 5.74) is 4.56. The van der Waals surface area contributed by atoms with Gasteiger partial charge in [-0.05, 0) is 30.7 Å². The van der Waals surface area contributed by atoms with Crippen molar-refractivity contribution in [2.75, 3.05) is 12.5 Å². The minimum absolute atomic E-state index is 0.0894. The summed E-state index contributed by atoms with van der Waals surface area (Å²) in [7, 11) is 1.51. The van der Waals surface area contributed by atoms with Gasteiger partial charge in [-0.3, -0.25) is 5.43 Å². The van der Waals surface area contributed by atoms with Gasteiger partial charge in [0, 0.05) is 5.38 Å². The molecule has 0 radical (unpaired) electrons. The second kappa shape index (κ2) is 5.50. The third-order valence-corrected chi connectivity index (χ3v) is 3.06. The van der Waals surface area contributed by atoms with Crippen molar-refractivity contribution in [3.05, 3.63) is 34.8 Å². The highest BCUT2D eigenvalue weighted by Gasteiger charge is 2.00. The topological polar surface area (TPSA) is 66.7 Å². The van der Waals surface area contributed by atoms with E-state index in [1.165, 1.54) is 18.4 Å². The van der Waals surface area contributed by atoms with Crippen LogP contribution in [0.15, 0.2) is 28.7 Å². The number of methoxy groups -OCH3 is 1. The predicted molar refractivity (Wildman–Crippen MR) is 72.7 cm³/mol. The first-order valence-corrected chi connectivity index (χ1v) is 6.15. The smallest absolute Gasteiger partial charge is 0.203 e. The van der Waals surface area contributed by atoms with Crippen molar-refractivity contribution in [3.63, 3.8) is 0 Å². The highest BCUT2D eigenvalue weighted by molar-refractivity contribution is 7.13. The molecule has 1 aromatic carbocycles. The summed E-state index contributed by atoms with van der Waals surface area (Å²) in [6, 6.07) is 5.07. The number of aromatic hydroxyl groups is 1. The lowest BCUT2D eigenvalue weighted by Gasteiger charge is -2.02. The Labute approximate surface area is 109 Å². The minimum Gasteiger partial charge on any atom is -0.504 e. The molecular formula is C12H13N3O2S. The molecule has 0 saturated heterocycles. The molecule has 0 fully saturated rings. The summed E-state index contributed by atoms with van der Waals surface area (Å²) in [6.07, 6.45) is 1.61. The van der Waals surface area contributed by atoms with Crippen LogP contribution in [0.3, 0.4) is 0 Å². The Balaban J connectivity index is 2.03. The van der Waals surface area contributed by atoms with E-state index in [9.17, 15) is 5.11 Å². The minimum atomic E-state index is 0.0894. The van der Waals surface area contributed by atoms with Gasteiger partial charge in [0.05, 0.1) is 19.0 Å². The van der Waals surface area contributed by atoms with Gasteiger partial charge in [-0.25, -0.2) is 4.98 Å². The molecule has 0 bridgehead atoms. The molecule has 18 heavy (non-hydrogen) atoms. The van der Waals surface area contributed by atoms with Gasteiger partial charge in [0.25, 0.3) is 0 Å². The molecule has 2 N–H and O–H groups in total. The Morgan fingerprint density at radius 3 is 2.94 bits per heavy atom. The molecule has 5 nitrogen and oxygen atoms in total. The number of hydrogen-bond acceptors (Lipinski definition) is 6. The highest BCUT2D eigenvalue weighted by atomic mass is 32.1. The van der Waals surface area contributed by atoms with Crippen LogP contribution in [0.1, 0.15) is 11.3 Å². The number of anilines is 1. The molecule has 6 heteroatoms. The summed E-state index contributed by atoms with van der Waals surface area (Å²) in [4.78, 5) is 4.21. The monoisotopic (exact) mass is 263 g/mol. The lowest BCUT2D eigenvalue weighted by atomic mass is 10.2. The van der Waals surface area contributed by atoms with E-state index in [0.29, 0.717) is 5.75 Å². The SMILES string of the molecule is COc1ccc(/C=N\Nc2nc(C)cs2)cc1O. The van der Waals surface area contributed by atoms with Gasteiger partial charge < -0.3 is 9.84 Å². The summed E-state index contributed by atoms with van der Waals surface area (Å²) >= 11 is 1.49. The van der Waals surface area contributed by atoms with E-state index in [4.69, 9.17) is 4.74 Å². The standard InChI is InChI=1S/C12H13N3O2S/c1-8-7-18-12(14-8)15-13-6-9-3-4-11(17-2)10(16)5-9/h3-7,16H,1-2H3,(H,14,15)/b13-6-. The number of phenols is 1. The lowest BCUT2D eigenvalue weighted by Crippen LogP contribution is -1.91. The van der Waals surface area contributed by atoms with Crippen LogP contribution in [0.5, 0.6) is 11.5 Å². The van der Waals surface area contributed by atoms with Crippen LogP contribution in [0.4, 0.5) is 5.13 Å². The van der Waals surface area contributed by atoms with Gasteiger partial charge in [0.1, 0.15) is 0 Å². The molecule has 0 aliphatic heterocycles. The Morgan fingerprint density at radius 2 is 2.33 bits per heavy atom. The number of thiazole rings is 1. The summed E-state index contributed by atoms with van der Waals surface area (Å²) in [5, 5.41) is 16.3. The molecular weight excluding hydrogens is 250 g/mol. The van der Waals surface area contributed by atoms with Crippen molar-refractivity contribution in [2.45, 2.75) is 6.92 Å². The van der Waals surface area contributed by atoms with Crippen molar-refractivity contribution in [3.8, 4) is 11.5 Å². The summed E-state index contributed by atoms with van der Waals surface area (Å²) in [5.74, 6) is 0.530. The molecule has 1 aromatic heterocycles. The molecule has 94 valence electrons. The molecule has 0 spiro atoms. The summed E-state index contributed by atoms with van der Waals surface area (Å²) < 4.78 is 4.96. The van der Waals surface area contributed by atoms with E-state index in [1.807, 2.05) is 12.3 Å². The highest BCUT2D eigenvalue weighted by Crippen LogP contribution is 2.25. The molecule has 0 aliphatic rings. The second-order valence-corrected chi connectivity index (χ2v) is 4.45. The first-order valence-electron chi connectivity index (χ1n) is 5.27. The van der Waals surface area contributed by atoms with Crippen molar-refractivity contribution in [2.24, 2.45) is 5.10 Å². The zero-order valence-electron chi connectivity index (χ0n) is 10.0. The molecule has 2 aromatic rings. The third-order valence-electron chi connectivity index (χ3n) is 2.20. The molecule has 0 amide bonds. The van der Waals surface area contributed by atoms with Gasteiger partial charge in [-0.2, -0.15) is 5.10 Å². The van der Waals surface area contributed by atoms with E-state index in [2.05, 4.69) is 15.5 Å². The number of aryl methyl sites for hydroxylation is 1. The fraction of sp³-hybridized carbons (Fsp3) is 0.167. The van der Waals surface area contributed by atoms with Gasteiger partial charge in [-0.1, -0.05) is 0 Å². The van der Waals surface area contributed by atoms with Gasteiger partial charge in [-0.15, -0.1) is 11.3 Å². The Bertz CT molecular complexity index is 566. The largest absolute Gasteiger partial charge is 0.504 e. The lowest BCUT2D eigenvalue weighted by molar-refractivity contribution is 0.373. The average molecular weight is 263 g/mol.